The Labute approximate surface area is 292 Å². The van der Waals surface area contributed by atoms with Crippen LogP contribution in [-0.4, -0.2) is 112 Å². The molecule has 0 fully saturated rings. The van der Waals surface area contributed by atoms with Crippen LogP contribution in [0.15, 0.2) is 0 Å². The zero-order valence-corrected chi connectivity index (χ0v) is 29.9. The highest BCUT2D eigenvalue weighted by molar-refractivity contribution is 5.97. The average Bonchev–Trinajstić information content (AvgIpc) is 2.99. The molecule has 0 bridgehead atoms. The zero-order chi connectivity index (χ0) is 38.9. The van der Waals surface area contributed by atoms with Gasteiger partial charge in [-0.05, 0) is 64.8 Å². The second-order valence-corrected chi connectivity index (χ2v) is 13.1. The largest absolute Gasteiger partial charge is 0.480 e. The maximum atomic E-state index is 13.2. The second-order valence-electron chi connectivity index (χ2n) is 13.1. The highest BCUT2D eigenvalue weighted by Gasteiger charge is 2.34. The molecule has 14 N–H and O–H groups in total. The van der Waals surface area contributed by atoms with E-state index in [1.165, 1.54) is 20.8 Å². The Morgan fingerprint density at radius 2 is 1.10 bits per heavy atom. The van der Waals surface area contributed by atoms with Crippen molar-refractivity contribution in [2.45, 2.75) is 129 Å². The van der Waals surface area contributed by atoms with Crippen molar-refractivity contribution >= 4 is 47.3 Å². The van der Waals surface area contributed by atoms with Crippen LogP contribution in [0.2, 0.25) is 0 Å². The second kappa shape index (κ2) is 22.4. The number of rotatable bonds is 23. The molecule has 0 saturated carbocycles. The summed E-state index contributed by atoms with van der Waals surface area (Å²) in [5.74, 6) is -7.53. The number of carboxylic acid groups (broad SMARTS) is 1. The van der Waals surface area contributed by atoms with E-state index in [4.69, 9.17) is 17.2 Å². The number of carbonyl (C=O) groups excluding carboxylic acids is 7. The fourth-order valence-corrected chi connectivity index (χ4v) is 4.55. The quantitative estimate of drug-likeness (QED) is 0.0458. The van der Waals surface area contributed by atoms with Crippen molar-refractivity contribution in [3.8, 4) is 0 Å². The Bertz CT molecular complexity index is 1200. The highest BCUT2D eigenvalue weighted by atomic mass is 16.4. The monoisotopic (exact) mass is 715 g/mol. The number of carboxylic acids is 1. The summed E-state index contributed by atoms with van der Waals surface area (Å²) in [6, 6.07) is -8.88. The van der Waals surface area contributed by atoms with Crippen molar-refractivity contribution in [1.29, 1.82) is 0 Å². The molecule has 0 unspecified atom stereocenters. The molecule has 50 heavy (non-hydrogen) atoms. The number of hydrogen-bond acceptors (Lipinski definition) is 11. The number of aliphatic hydroxyl groups is 1. The van der Waals surface area contributed by atoms with Crippen LogP contribution in [0.3, 0.4) is 0 Å². The van der Waals surface area contributed by atoms with Crippen LogP contribution in [0.25, 0.3) is 0 Å². The van der Waals surface area contributed by atoms with Gasteiger partial charge in [0.1, 0.15) is 36.3 Å². The van der Waals surface area contributed by atoms with Crippen LogP contribution in [0, 0.1) is 11.8 Å². The van der Waals surface area contributed by atoms with Gasteiger partial charge in [0.2, 0.25) is 41.4 Å². The molecule has 0 aromatic heterocycles. The van der Waals surface area contributed by atoms with Gasteiger partial charge in [-0.3, -0.25) is 33.6 Å². The minimum Gasteiger partial charge on any atom is -0.480 e. The Hall–Kier alpha value is -4.36. The molecule has 0 aliphatic rings. The highest BCUT2D eigenvalue weighted by Crippen LogP contribution is 2.09. The average molecular weight is 716 g/mol. The summed E-state index contributed by atoms with van der Waals surface area (Å²) < 4.78 is 0. The summed E-state index contributed by atoms with van der Waals surface area (Å²) >= 11 is 0. The van der Waals surface area contributed by atoms with E-state index in [9.17, 15) is 48.6 Å². The van der Waals surface area contributed by atoms with Gasteiger partial charge in [-0.25, -0.2) is 4.79 Å². The number of nitrogens with one attached hydrogen (secondary N) is 6. The molecular formula is C31H57N9O10. The van der Waals surface area contributed by atoms with E-state index in [2.05, 4.69) is 31.9 Å². The smallest absolute Gasteiger partial charge is 0.326 e. The molecule has 0 aliphatic heterocycles. The molecule has 7 amide bonds. The van der Waals surface area contributed by atoms with E-state index >= 15 is 0 Å². The van der Waals surface area contributed by atoms with Crippen LogP contribution >= 0.6 is 0 Å². The molecule has 286 valence electrons. The number of aliphatic hydroxyl groups excluding tert-OH is 1. The summed E-state index contributed by atoms with van der Waals surface area (Å²) in [5.41, 5.74) is 16.2. The number of carbonyl (C=O) groups is 8. The Morgan fingerprint density at radius 3 is 1.56 bits per heavy atom. The molecular weight excluding hydrogens is 658 g/mol. The predicted molar refractivity (Wildman–Crippen MR) is 181 cm³/mol. The maximum Gasteiger partial charge on any atom is 0.326 e. The van der Waals surface area contributed by atoms with E-state index in [1.807, 2.05) is 0 Å². The first-order valence-electron chi connectivity index (χ1n) is 16.6. The molecule has 19 nitrogen and oxygen atoms in total. The van der Waals surface area contributed by atoms with Crippen molar-refractivity contribution in [2.75, 3.05) is 6.54 Å². The maximum absolute atomic E-state index is 13.2. The van der Waals surface area contributed by atoms with Crippen LogP contribution in [0.4, 0.5) is 0 Å². The summed E-state index contributed by atoms with van der Waals surface area (Å²) in [4.78, 5) is 100. The molecule has 8 atom stereocenters. The number of primary amides is 1. The fraction of sp³-hybridized carbons (Fsp3) is 0.742. The van der Waals surface area contributed by atoms with Gasteiger partial charge in [0.25, 0.3) is 0 Å². The third-order valence-electron chi connectivity index (χ3n) is 7.47. The van der Waals surface area contributed by atoms with E-state index in [0.29, 0.717) is 19.4 Å². The van der Waals surface area contributed by atoms with Crippen molar-refractivity contribution in [1.82, 2.24) is 31.9 Å². The van der Waals surface area contributed by atoms with Crippen molar-refractivity contribution in [2.24, 2.45) is 29.0 Å². The number of unbranched alkanes of at least 4 members (excludes halogenated alkanes) is 1. The van der Waals surface area contributed by atoms with Crippen molar-refractivity contribution in [3.05, 3.63) is 0 Å². The van der Waals surface area contributed by atoms with Crippen LogP contribution in [0.1, 0.15) is 80.6 Å². The lowest BCUT2D eigenvalue weighted by Gasteiger charge is -2.28. The first-order valence-corrected chi connectivity index (χ1v) is 16.6. The molecule has 0 rings (SSSR count). The van der Waals surface area contributed by atoms with E-state index in [0.717, 1.165) is 0 Å². The van der Waals surface area contributed by atoms with Gasteiger partial charge >= 0.3 is 5.97 Å². The van der Waals surface area contributed by atoms with Crippen LogP contribution in [-0.2, 0) is 38.4 Å². The minimum atomic E-state index is -1.57. The summed E-state index contributed by atoms with van der Waals surface area (Å²) in [6.07, 6.45) is -0.638. The number of nitrogens with two attached hydrogens (primary N) is 3. The van der Waals surface area contributed by atoms with Crippen molar-refractivity contribution in [3.63, 3.8) is 0 Å². The lowest BCUT2D eigenvalue weighted by atomic mass is 10.0. The molecule has 0 spiro atoms. The molecule has 0 saturated heterocycles. The van der Waals surface area contributed by atoms with E-state index in [1.54, 1.807) is 27.7 Å². The summed E-state index contributed by atoms with van der Waals surface area (Å²) in [5, 5.41) is 34.4. The van der Waals surface area contributed by atoms with Gasteiger partial charge in [0, 0.05) is 0 Å². The first-order chi connectivity index (χ1) is 23.1. The lowest BCUT2D eigenvalue weighted by Crippen LogP contribution is -2.61. The third kappa shape index (κ3) is 16.8. The normalized spacial score (nSPS) is 16.0. The molecule has 0 heterocycles. The van der Waals surface area contributed by atoms with Gasteiger partial charge in [-0.15, -0.1) is 0 Å². The number of amides is 7. The molecule has 0 aliphatic carbocycles. The van der Waals surface area contributed by atoms with Gasteiger partial charge in [-0.1, -0.05) is 27.7 Å². The van der Waals surface area contributed by atoms with Gasteiger partial charge in [-0.2, -0.15) is 0 Å². The van der Waals surface area contributed by atoms with Gasteiger partial charge in [0.15, 0.2) is 0 Å². The van der Waals surface area contributed by atoms with Gasteiger partial charge in [0.05, 0.1) is 18.6 Å². The Morgan fingerprint density at radius 1 is 0.620 bits per heavy atom. The molecule has 0 aromatic rings. The fourth-order valence-electron chi connectivity index (χ4n) is 4.55. The Kier molecular flexibility index (Phi) is 20.4. The zero-order valence-electron chi connectivity index (χ0n) is 29.9. The standard InChI is InChI=1S/C31H57N9O10/c1-14(2)12-21(28(46)37-20(31(49)50)10-8-9-11-32)38-30(48)24(18(7)41)40-26(44)17(6)35-25(43)16(5)36-29(47)23(15(3)4)39-27(45)19(33)13-22(34)42/h14-21,23-24,41H,8-13,32-33H2,1-7H3,(H2,34,42)(H,35,43)(H,36,47)(H,37,46)(H,38,48)(H,39,45)(H,40,44)(H,49,50)/t16-,17-,18+,19-,20-,21-,23-,24-/m0/s1. The molecule has 19 heteroatoms. The van der Waals surface area contributed by atoms with Crippen LogP contribution < -0.4 is 49.1 Å². The van der Waals surface area contributed by atoms with Crippen LogP contribution in [0.5, 0.6) is 0 Å². The minimum absolute atomic E-state index is 0.115. The first kappa shape index (κ1) is 45.6. The predicted octanol–water partition coefficient (Wildman–Crippen LogP) is -3.57. The SMILES string of the molecule is CC(C)C[C@H](NC(=O)[C@@H](NC(=O)[C@H](C)NC(=O)[C@H](C)NC(=O)[C@@H](NC(=O)[C@@H](N)CC(N)=O)C(C)C)[C@@H](C)O)C(=O)N[C@@H](CCCCN)C(=O)O. The number of hydrogen-bond donors (Lipinski definition) is 11. The van der Waals surface area contributed by atoms with E-state index in [-0.39, 0.29) is 18.8 Å². The lowest BCUT2D eigenvalue weighted by molar-refractivity contribution is -0.142. The van der Waals surface area contributed by atoms with Gasteiger partial charge < -0.3 is 59.3 Å². The molecule has 0 radical (unpaired) electrons. The third-order valence-corrected chi connectivity index (χ3v) is 7.47. The number of aliphatic carboxylic acids is 1. The molecule has 0 aromatic carbocycles. The van der Waals surface area contributed by atoms with Crippen molar-refractivity contribution < 1.29 is 48.6 Å². The Balaban J connectivity index is 5.52. The topological polar surface area (TPSA) is 327 Å². The van der Waals surface area contributed by atoms with E-state index < -0.39 is 108 Å². The summed E-state index contributed by atoms with van der Waals surface area (Å²) in [6.45, 7) is 11.0. The summed E-state index contributed by atoms with van der Waals surface area (Å²) in [7, 11) is 0.